The zero-order valence-corrected chi connectivity index (χ0v) is 13.6. The van der Waals surface area contributed by atoms with E-state index in [1.807, 2.05) is 24.5 Å². The molecule has 0 aliphatic rings. The first-order chi connectivity index (χ1) is 10.1. The summed E-state index contributed by atoms with van der Waals surface area (Å²) in [5.74, 6) is 0. The Morgan fingerprint density at radius 2 is 1.90 bits per heavy atom. The van der Waals surface area contributed by atoms with E-state index in [9.17, 15) is 8.42 Å². The van der Waals surface area contributed by atoms with Crippen LogP contribution in [0.3, 0.4) is 0 Å². The lowest BCUT2D eigenvalue weighted by Crippen LogP contribution is -2.12. The number of thioether (sulfide) groups is 1. The molecular weight excluding hydrogens is 324 g/mol. The quantitative estimate of drug-likeness (QED) is 0.736. The van der Waals surface area contributed by atoms with Crippen LogP contribution in [0.5, 0.6) is 0 Å². The molecule has 1 aromatic heterocycles. The van der Waals surface area contributed by atoms with Gasteiger partial charge in [0.15, 0.2) is 5.13 Å². The molecule has 4 nitrogen and oxygen atoms in total. The third-order valence-electron chi connectivity index (χ3n) is 2.87. The Hall–Kier alpha value is -1.57. The minimum atomic E-state index is -3.58. The van der Waals surface area contributed by atoms with Crippen LogP contribution in [0.1, 0.15) is 0 Å². The number of rotatable bonds is 4. The minimum Gasteiger partial charge on any atom is -0.255 e. The normalized spacial score (nSPS) is 11.7. The fourth-order valence-electron chi connectivity index (χ4n) is 1.85. The average molecular weight is 336 g/mol. The highest BCUT2D eigenvalue weighted by Gasteiger charge is 2.16. The standard InChI is InChI=1S/C14H12N2O2S3/c1-19-10-7-8-12-13(9-10)20-14(15-12)16-21(17,18)11-5-3-2-4-6-11/h2-9H,1H3,(H,15,16). The molecule has 0 unspecified atom stereocenters. The van der Waals surface area contributed by atoms with E-state index in [1.165, 1.54) is 11.3 Å². The fraction of sp³-hybridized carbons (Fsp3) is 0.0714. The van der Waals surface area contributed by atoms with Gasteiger partial charge in [-0.1, -0.05) is 29.5 Å². The average Bonchev–Trinajstić information content (AvgIpc) is 2.88. The Bertz CT molecular complexity index is 874. The van der Waals surface area contributed by atoms with Gasteiger partial charge >= 0.3 is 0 Å². The lowest BCUT2D eigenvalue weighted by molar-refractivity contribution is 0.601. The van der Waals surface area contributed by atoms with Gasteiger partial charge in [0.1, 0.15) is 0 Å². The summed E-state index contributed by atoms with van der Waals surface area (Å²) >= 11 is 2.98. The second kappa shape index (κ2) is 5.67. The van der Waals surface area contributed by atoms with Crippen LogP contribution >= 0.6 is 23.1 Å². The van der Waals surface area contributed by atoms with Gasteiger partial charge in [-0.3, -0.25) is 4.72 Å². The van der Waals surface area contributed by atoms with Crippen LogP contribution in [-0.2, 0) is 10.0 Å². The molecule has 3 rings (SSSR count). The number of hydrogen-bond donors (Lipinski definition) is 1. The molecule has 0 atom stereocenters. The molecule has 0 amide bonds. The lowest BCUT2D eigenvalue weighted by Gasteiger charge is -2.03. The molecular formula is C14H12N2O2S3. The molecule has 0 spiro atoms. The maximum absolute atomic E-state index is 12.3. The molecule has 108 valence electrons. The highest BCUT2D eigenvalue weighted by atomic mass is 32.2. The van der Waals surface area contributed by atoms with Gasteiger partial charge in [0.25, 0.3) is 10.0 Å². The summed E-state index contributed by atoms with van der Waals surface area (Å²) < 4.78 is 28.0. The Morgan fingerprint density at radius 3 is 2.62 bits per heavy atom. The molecule has 0 bridgehead atoms. The number of aromatic nitrogens is 1. The summed E-state index contributed by atoms with van der Waals surface area (Å²) in [7, 11) is -3.58. The zero-order chi connectivity index (χ0) is 14.9. The molecule has 0 saturated carbocycles. The maximum Gasteiger partial charge on any atom is 0.263 e. The van der Waals surface area contributed by atoms with E-state index in [4.69, 9.17) is 0 Å². The van der Waals surface area contributed by atoms with Gasteiger partial charge in [0, 0.05) is 4.90 Å². The lowest BCUT2D eigenvalue weighted by atomic mass is 10.3. The van der Waals surface area contributed by atoms with Gasteiger partial charge in [-0.05, 0) is 36.6 Å². The number of thiazole rings is 1. The molecule has 21 heavy (non-hydrogen) atoms. The highest BCUT2D eigenvalue weighted by Crippen LogP contribution is 2.30. The van der Waals surface area contributed by atoms with E-state index in [2.05, 4.69) is 9.71 Å². The summed E-state index contributed by atoms with van der Waals surface area (Å²) in [6, 6.07) is 14.2. The molecule has 2 aromatic carbocycles. The first kappa shape index (κ1) is 14.4. The van der Waals surface area contributed by atoms with Crippen LogP contribution in [0.15, 0.2) is 58.3 Å². The Kier molecular flexibility index (Phi) is 3.88. The number of fused-ring (bicyclic) bond motifs is 1. The van der Waals surface area contributed by atoms with Gasteiger partial charge < -0.3 is 0 Å². The topological polar surface area (TPSA) is 59.1 Å². The van der Waals surface area contributed by atoms with Crippen molar-refractivity contribution < 1.29 is 8.42 Å². The van der Waals surface area contributed by atoms with E-state index in [0.29, 0.717) is 5.13 Å². The molecule has 1 heterocycles. The molecule has 0 aliphatic heterocycles. The van der Waals surface area contributed by atoms with Crippen LogP contribution < -0.4 is 4.72 Å². The summed E-state index contributed by atoms with van der Waals surface area (Å²) in [4.78, 5) is 5.68. The predicted molar refractivity (Wildman–Crippen MR) is 88.7 cm³/mol. The number of nitrogens with zero attached hydrogens (tertiary/aromatic N) is 1. The Labute approximate surface area is 131 Å². The van der Waals surface area contributed by atoms with Gasteiger partial charge in [0.2, 0.25) is 0 Å². The second-order valence-corrected chi connectivity index (χ2v) is 7.86. The zero-order valence-electron chi connectivity index (χ0n) is 11.1. The van der Waals surface area contributed by atoms with E-state index in [1.54, 1.807) is 42.1 Å². The molecule has 3 aromatic rings. The SMILES string of the molecule is CSc1ccc2nc(NS(=O)(=O)c3ccccc3)sc2c1. The minimum absolute atomic E-state index is 0.231. The van der Waals surface area contributed by atoms with Crippen LogP contribution in [0, 0.1) is 0 Å². The summed E-state index contributed by atoms with van der Waals surface area (Å²) in [5, 5.41) is 0.382. The number of nitrogens with one attached hydrogen (secondary N) is 1. The van der Waals surface area contributed by atoms with Crippen LogP contribution in [0.25, 0.3) is 10.2 Å². The third kappa shape index (κ3) is 3.04. The third-order valence-corrected chi connectivity index (χ3v) is 6.01. The molecule has 0 aliphatic carbocycles. The highest BCUT2D eigenvalue weighted by molar-refractivity contribution is 7.98. The Morgan fingerprint density at radius 1 is 1.14 bits per heavy atom. The summed E-state index contributed by atoms with van der Waals surface area (Å²) in [6.45, 7) is 0. The summed E-state index contributed by atoms with van der Waals surface area (Å²) in [6.07, 6.45) is 2.00. The molecule has 0 radical (unpaired) electrons. The van der Waals surface area contributed by atoms with E-state index in [-0.39, 0.29) is 4.90 Å². The predicted octanol–water partition coefficient (Wildman–Crippen LogP) is 3.82. The number of benzene rings is 2. The number of anilines is 1. The van der Waals surface area contributed by atoms with Crippen molar-refractivity contribution >= 4 is 48.5 Å². The van der Waals surface area contributed by atoms with Gasteiger partial charge in [-0.15, -0.1) is 11.8 Å². The summed E-state index contributed by atoms with van der Waals surface area (Å²) in [5.41, 5.74) is 0.795. The largest absolute Gasteiger partial charge is 0.263 e. The van der Waals surface area contributed by atoms with E-state index >= 15 is 0 Å². The van der Waals surface area contributed by atoms with Crippen LogP contribution in [-0.4, -0.2) is 19.7 Å². The van der Waals surface area contributed by atoms with Crippen molar-refractivity contribution in [2.24, 2.45) is 0 Å². The van der Waals surface area contributed by atoms with Crippen molar-refractivity contribution in [1.29, 1.82) is 0 Å². The monoisotopic (exact) mass is 336 g/mol. The molecule has 0 fully saturated rings. The van der Waals surface area contributed by atoms with E-state index < -0.39 is 10.0 Å². The smallest absolute Gasteiger partial charge is 0.255 e. The van der Waals surface area contributed by atoms with Gasteiger partial charge in [-0.2, -0.15) is 0 Å². The number of sulfonamides is 1. The molecule has 1 N–H and O–H groups in total. The first-order valence-electron chi connectivity index (χ1n) is 6.11. The van der Waals surface area contributed by atoms with Gasteiger partial charge in [-0.25, -0.2) is 13.4 Å². The van der Waals surface area contributed by atoms with E-state index in [0.717, 1.165) is 15.1 Å². The Balaban J connectivity index is 1.95. The van der Waals surface area contributed by atoms with Crippen molar-refractivity contribution in [2.75, 3.05) is 11.0 Å². The first-order valence-corrected chi connectivity index (χ1v) is 9.63. The maximum atomic E-state index is 12.3. The molecule has 7 heteroatoms. The van der Waals surface area contributed by atoms with Crippen molar-refractivity contribution in [3.63, 3.8) is 0 Å². The van der Waals surface area contributed by atoms with Crippen molar-refractivity contribution in [2.45, 2.75) is 9.79 Å². The molecule has 0 saturated heterocycles. The van der Waals surface area contributed by atoms with Crippen molar-refractivity contribution in [3.8, 4) is 0 Å². The number of hydrogen-bond acceptors (Lipinski definition) is 5. The van der Waals surface area contributed by atoms with Crippen molar-refractivity contribution in [3.05, 3.63) is 48.5 Å². The second-order valence-electron chi connectivity index (χ2n) is 4.27. The van der Waals surface area contributed by atoms with Crippen LogP contribution in [0.4, 0.5) is 5.13 Å². The van der Waals surface area contributed by atoms with Crippen LogP contribution in [0.2, 0.25) is 0 Å². The van der Waals surface area contributed by atoms with Crippen molar-refractivity contribution in [1.82, 2.24) is 4.98 Å². The van der Waals surface area contributed by atoms with Gasteiger partial charge in [0.05, 0.1) is 15.1 Å². The fourth-order valence-corrected chi connectivity index (χ4v) is 4.52.